The lowest BCUT2D eigenvalue weighted by molar-refractivity contribution is -0.145. The quantitative estimate of drug-likeness (QED) is 0.0432. The minimum Gasteiger partial charge on any atom is -0.480 e. The third-order valence-electron chi connectivity index (χ3n) is 10.7. The molecule has 3 fully saturated rings. The molecule has 59 heavy (non-hydrogen) atoms. The Morgan fingerprint density at radius 1 is 0.695 bits per heavy atom. The molecule has 0 aromatic carbocycles. The molecule has 9 atom stereocenters. The van der Waals surface area contributed by atoms with Gasteiger partial charge in [-0.3, -0.25) is 38.4 Å². The maximum absolute atomic E-state index is 13.7. The molecule has 0 radical (unpaired) electrons. The number of nitrogens with two attached hydrogens (primary N) is 3. The number of carboxylic acids is 1. The summed E-state index contributed by atoms with van der Waals surface area (Å²) in [6, 6.07) is -9.02. The largest absolute Gasteiger partial charge is 0.480 e. The van der Waals surface area contributed by atoms with Crippen molar-refractivity contribution in [1.82, 2.24) is 41.7 Å². The molecule has 0 aliphatic carbocycles. The molecule has 22 heteroatoms. The van der Waals surface area contributed by atoms with E-state index in [0.717, 1.165) is 11.3 Å². The van der Waals surface area contributed by atoms with Crippen molar-refractivity contribution in [3.63, 3.8) is 0 Å². The van der Waals surface area contributed by atoms with Crippen molar-refractivity contribution in [1.29, 1.82) is 0 Å². The van der Waals surface area contributed by atoms with Gasteiger partial charge in [0, 0.05) is 19.5 Å². The van der Waals surface area contributed by atoms with E-state index in [9.17, 15) is 53.4 Å². The number of β-amino-alcohol motifs (C(OH)–C–C–N with tert-alkyl or cyclic N) is 1. The van der Waals surface area contributed by atoms with Crippen LogP contribution in [0.3, 0.4) is 0 Å². The molecule has 0 spiro atoms. The number of amides is 8. The number of likely N-dealkylation sites (tertiary alicyclic amines) is 2. The predicted octanol–water partition coefficient (Wildman–Crippen LogP) is -4.63. The minimum atomic E-state index is -1.60. The zero-order valence-electron chi connectivity index (χ0n) is 33.9. The third-order valence-corrected chi connectivity index (χ3v) is 10.7. The van der Waals surface area contributed by atoms with Gasteiger partial charge in [0.1, 0.15) is 42.3 Å². The Morgan fingerprint density at radius 3 is 1.86 bits per heavy atom. The van der Waals surface area contributed by atoms with Crippen LogP contribution in [-0.2, 0) is 43.2 Å². The topological polar surface area (TPSA) is 351 Å². The average Bonchev–Trinajstić information content (AvgIpc) is 3.98. The van der Waals surface area contributed by atoms with Crippen molar-refractivity contribution >= 4 is 53.2 Å². The first-order valence-corrected chi connectivity index (χ1v) is 20.4. The van der Waals surface area contributed by atoms with Crippen LogP contribution < -0.4 is 49.1 Å². The van der Waals surface area contributed by atoms with Gasteiger partial charge in [-0.1, -0.05) is 0 Å². The van der Waals surface area contributed by atoms with Gasteiger partial charge in [-0.2, -0.15) is 0 Å². The van der Waals surface area contributed by atoms with Gasteiger partial charge in [0.25, 0.3) is 0 Å². The standard InChI is InChI=1S/C37H63N11O11/c1-20(35(56)47-16-8-12-27(47)33(54)45-25(37(58)59)10-4-6-14-39)43-32(53)26(18-29(40)50)46-31(52)24(9-3-5-13-38)44-34(55)28-17-22(49)19-48(28)36(57)21(2)42-30(51)23-11-7-15-41-23/h20-28,41,49H,3-19,38-39H2,1-2H3,(H2,40,50)(H,42,51)(H,43,53)(H,44,55)(H,45,54)(H,46,52)(H,58,59)/t20-,21-,22+,23-,24-,25-,26-,27-,28-/m0/s1. The van der Waals surface area contributed by atoms with E-state index in [-0.39, 0.29) is 51.2 Å². The van der Waals surface area contributed by atoms with Crippen LogP contribution in [-0.4, -0.2) is 160 Å². The van der Waals surface area contributed by atoms with E-state index in [0.29, 0.717) is 51.6 Å². The summed E-state index contributed by atoms with van der Waals surface area (Å²) in [7, 11) is 0. The molecule has 3 saturated heterocycles. The van der Waals surface area contributed by atoms with Crippen molar-refractivity contribution < 1.29 is 53.4 Å². The maximum atomic E-state index is 13.7. The first-order chi connectivity index (χ1) is 28.0. The zero-order chi connectivity index (χ0) is 43.8. The van der Waals surface area contributed by atoms with Gasteiger partial charge < -0.3 is 69.1 Å². The lowest BCUT2D eigenvalue weighted by Crippen LogP contribution is -2.59. The fraction of sp³-hybridized carbons (Fsp3) is 0.757. The third kappa shape index (κ3) is 14.4. The number of carbonyl (C=O) groups is 9. The molecular formula is C37H63N11O11. The highest BCUT2D eigenvalue weighted by Crippen LogP contribution is 2.21. The molecule has 22 nitrogen and oxygen atoms in total. The Kier molecular flexibility index (Phi) is 19.4. The van der Waals surface area contributed by atoms with Crippen LogP contribution in [0.4, 0.5) is 0 Å². The minimum absolute atomic E-state index is 0.0345. The fourth-order valence-corrected chi connectivity index (χ4v) is 7.50. The second kappa shape index (κ2) is 23.6. The van der Waals surface area contributed by atoms with E-state index in [1.54, 1.807) is 0 Å². The van der Waals surface area contributed by atoms with E-state index < -0.39 is 108 Å². The van der Waals surface area contributed by atoms with Crippen molar-refractivity contribution in [3.05, 3.63) is 0 Å². The molecule has 3 aliphatic heterocycles. The van der Waals surface area contributed by atoms with Gasteiger partial charge in [0.15, 0.2) is 0 Å². The monoisotopic (exact) mass is 837 g/mol. The van der Waals surface area contributed by atoms with Crippen LogP contribution in [0.1, 0.15) is 90.9 Å². The number of nitrogens with zero attached hydrogens (tertiary/aromatic N) is 2. The van der Waals surface area contributed by atoms with E-state index in [2.05, 4.69) is 31.9 Å². The smallest absolute Gasteiger partial charge is 0.326 e. The van der Waals surface area contributed by atoms with Crippen molar-refractivity contribution in [2.75, 3.05) is 32.7 Å². The van der Waals surface area contributed by atoms with Crippen LogP contribution in [0.2, 0.25) is 0 Å². The van der Waals surface area contributed by atoms with Crippen molar-refractivity contribution in [2.45, 2.75) is 145 Å². The average molecular weight is 838 g/mol. The number of unbranched alkanes of at least 4 members (excludes halogenated alkanes) is 2. The molecular weight excluding hydrogens is 774 g/mol. The number of aliphatic carboxylic acids is 1. The number of rotatable bonds is 23. The van der Waals surface area contributed by atoms with Crippen molar-refractivity contribution in [2.24, 2.45) is 17.2 Å². The van der Waals surface area contributed by atoms with E-state index in [1.807, 2.05) is 0 Å². The Labute approximate surface area is 343 Å². The van der Waals surface area contributed by atoms with E-state index in [1.165, 1.54) is 18.7 Å². The molecule has 0 aromatic heterocycles. The Hall–Kier alpha value is -4.93. The summed E-state index contributed by atoms with van der Waals surface area (Å²) in [4.78, 5) is 120. The van der Waals surface area contributed by atoms with Crippen LogP contribution in [0.5, 0.6) is 0 Å². The molecule has 0 bridgehead atoms. The molecule has 0 saturated carbocycles. The maximum Gasteiger partial charge on any atom is 0.326 e. The van der Waals surface area contributed by atoms with E-state index >= 15 is 0 Å². The first kappa shape index (κ1) is 48.4. The number of nitrogens with one attached hydrogen (secondary N) is 6. The highest BCUT2D eigenvalue weighted by Gasteiger charge is 2.43. The van der Waals surface area contributed by atoms with Gasteiger partial charge in [0.2, 0.25) is 47.3 Å². The van der Waals surface area contributed by atoms with E-state index in [4.69, 9.17) is 17.2 Å². The van der Waals surface area contributed by atoms with Crippen LogP contribution in [0.15, 0.2) is 0 Å². The number of aliphatic hydroxyl groups excluding tert-OH is 1. The molecule has 0 aromatic rings. The van der Waals surface area contributed by atoms with Gasteiger partial charge in [-0.15, -0.1) is 0 Å². The normalized spacial score (nSPS) is 22.7. The summed E-state index contributed by atoms with van der Waals surface area (Å²) >= 11 is 0. The second-order valence-electron chi connectivity index (χ2n) is 15.5. The number of primary amides is 1. The van der Waals surface area contributed by atoms with Crippen LogP contribution in [0, 0.1) is 0 Å². The molecule has 332 valence electrons. The Bertz CT molecular complexity index is 1530. The summed E-state index contributed by atoms with van der Waals surface area (Å²) in [5.41, 5.74) is 16.6. The van der Waals surface area contributed by atoms with Gasteiger partial charge in [-0.25, -0.2) is 4.79 Å². The summed E-state index contributed by atoms with van der Waals surface area (Å²) in [6.07, 6.45) is 2.26. The number of hydrogen-bond donors (Lipinski definition) is 11. The predicted molar refractivity (Wildman–Crippen MR) is 210 cm³/mol. The zero-order valence-corrected chi connectivity index (χ0v) is 33.9. The van der Waals surface area contributed by atoms with Gasteiger partial charge in [-0.05, 0) is 97.7 Å². The first-order valence-electron chi connectivity index (χ1n) is 20.4. The highest BCUT2D eigenvalue weighted by atomic mass is 16.4. The molecule has 3 rings (SSSR count). The Balaban J connectivity index is 1.69. The Morgan fingerprint density at radius 2 is 1.27 bits per heavy atom. The molecule has 14 N–H and O–H groups in total. The lowest BCUT2D eigenvalue weighted by Gasteiger charge is -2.30. The molecule has 3 aliphatic rings. The SMILES string of the molecule is C[C@H](NC(=O)[C@H](CC(N)=O)NC(=O)[C@H](CCCCN)NC(=O)[C@@H]1C[C@@H](O)CN1C(=O)[C@H](C)NC(=O)[C@@H]1CCCN1)C(=O)N1CCC[C@H]1C(=O)N[C@@H](CCCCN)C(=O)O. The highest BCUT2D eigenvalue weighted by molar-refractivity contribution is 5.99. The number of carbonyl (C=O) groups excluding carboxylic acids is 8. The summed E-state index contributed by atoms with van der Waals surface area (Å²) in [5, 5.41) is 35.8. The summed E-state index contributed by atoms with van der Waals surface area (Å²) in [5.74, 6) is -7.11. The summed E-state index contributed by atoms with van der Waals surface area (Å²) in [6.45, 7) is 4.08. The summed E-state index contributed by atoms with van der Waals surface area (Å²) < 4.78 is 0. The molecule has 8 amide bonds. The second-order valence-corrected chi connectivity index (χ2v) is 15.5. The van der Waals surface area contributed by atoms with Crippen molar-refractivity contribution in [3.8, 4) is 0 Å². The molecule has 0 unspecified atom stereocenters. The van der Waals surface area contributed by atoms with Crippen LogP contribution in [0.25, 0.3) is 0 Å². The lowest BCUT2D eigenvalue weighted by atomic mass is 10.1. The number of aliphatic hydroxyl groups is 1. The fourth-order valence-electron chi connectivity index (χ4n) is 7.50. The van der Waals surface area contributed by atoms with Gasteiger partial charge in [0.05, 0.1) is 18.6 Å². The van der Waals surface area contributed by atoms with Crippen LogP contribution >= 0.6 is 0 Å². The molecule has 3 heterocycles. The number of carboxylic acid groups (broad SMARTS) is 1. The number of hydrogen-bond acceptors (Lipinski definition) is 13. The van der Waals surface area contributed by atoms with Gasteiger partial charge >= 0.3 is 5.97 Å².